The van der Waals surface area contributed by atoms with E-state index in [9.17, 15) is 18.4 Å². The highest BCUT2D eigenvalue weighted by Crippen LogP contribution is 2.27. The summed E-state index contributed by atoms with van der Waals surface area (Å²) in [5.41, 5.74) is 9.18. The van der Waals surface area contributed by atoms with Crippen LogP contribution in [0.3, 0.4) is 0 Å². The number of nitrogens with one attached hydrogen (secondary N) is 2. The molecule has 0 fully saturated rings. The maximum absolute atomic E-state index is 13.7. The van der Waals surface area contributed by atoms with Crippen LogP contribution in [-0.4, -0.2) is 34.6 Å². The lowest BCUT2D eigenvalue weighted by Gasteiger charge is -2.25. The molecule has 0 unspecified atom stereocenters. The minimum Gasteiger partial charge on any atom is -0.455 e. The van der Waals surface area contributed by atoms with Crippen molar-refractivity contribution in [3.63, 3.8) is 0 Å². The molecule has 0 saturated carbocycles. The number of aromatic nitrogens is 2. The maximum atomic E-state index is 13.7. The zero-order chi connectivity index (χ0) is 26.5. The molecule has 4 N–H and O–H groups in total. The molecule has 0 bridgehead atoms. The van der Waals surface area contributed by atoms with Gasteiger partial charge in [0.1, 0.15) is 27.4 Å². The van der Waals surface area contributed by atoms with E-state index in [4.69, 9.17) is 10.5 Å². The second-order valence-electron chi connectivity index (χ2n) is 8.86. The molecule has 37 heavy (non-hydrogen) atoms. The number of esters is 1. The first kappa shape index (κ1) is 26.6. The Hall–Kier alpha value is -3.47. The molecule has 4 aromatic rings. The quantitative estimate of drug-likeness (QED) is 0.269. The number of carbonyl (C=O) groups is 1. The maximum Gasteiger partial charge on any atom is 0.349 e. The second-order valence-corrected chi connectivity index (χ2v) is 9.86. The Balaban J connectivity index is 1.54. The van der Waals surface area contributed by atoms with Gasteiger partial charge in [-0.3, -0.25) is 4.79 Å². The molecule has 2 heterocycles. The highest BCUT2D eigenvalue weighted by atomic mass is 32.1. The van der Waals surface area contributed by atoms with Crippen molar-refractivity contribution in [2.24, 2.45) is 5.73 Å². The number of hydrogen-bond donors (Lipinski definition) is 3. The van der Waals surface area contributed by atoms with Crippen molar-refractivity contribution in [3.05, 3.63) is 97.9 Å². The number of fused-ring (bicyclic) bond motifs is 1. The molecule has 4 rings (SSSR count). The van der Waals surface area contributed by atoms with Crippen molar-refractivity contribution >= 4 is 27.5 Å². The average Bonchev–Trinajstić information content (AvgIpc) is 3.20. The lowest BCUT2D eigenvalue weighted by Crippen LogP contribution is -2.46. The Bertz CT molecular complexity index is 1450. The molecule has 0 radical (unpaired) electrons. The van der Waals surface area contributed by atoms with E-state index in [2.05, 4.69) is 34.3 Å². The minimum absolute atomic E-state index is 0.0895. The minimum atomic E-state index is -0.816. The summed E-state index contributed by atoms with van der Waals surface area (Å²) >= 11 is 1.07. The van der Waals surface area contributed by atoms with Crippen LogP contribution >= 0.6 is 11.3 Å². The summed E-state index contributed by atoms with van der Waals surface area (Å²) in [6, 6.07) is 10.6. The van der Waals surface area contributed by atoms with Crippen molar-refractivity contribution in [2.45, 2.75) is 45.4 Å². The normalized spacial score (nSPS) is 13.0. The molecular weight excluding hydrogens is 498 g/mol. The number of ether oxygens (including phenoxy) is 1. The van der Waals surface area contributed by atoms with Gasteiger partial charge in [0, 0.05) is 25.2 Å². The smallest absolute Gasteiger partial charge is 0.349 e. The van der Waals surface area contributed by atoms with Crippen molar-refractivity contribution in [2.75, 3.05) is 6.54 Å². The van der Waals surface area contributed by atoms with Gasteiger partial charge < -0.3 is 20.8 Å². The monoisotopic (exact) mass is 526 g/mol. The number of nitrogens with two attached hydrogens (primary N) is 1. The molecule has 2 aromatic carbocycles. The summed E-state index contributed by atoms with van der Waals surface area (Å²) < 4.78 is 33.3. The summed E-state index contributed by atoms with van der Waals surface area (Å²) in [5.74, 6) is -2.05. The lowest BCUT2D eigenvalue weighted by atomic mass is 10.0. The van der Waals surface area contributed by atoms with Gasteiger partial charge in [0.2, 0.25) is 0 Å². The highest BCUT2D eigenvalue weighted by Gasteiger charge is 2.27. The number of aryl methyl sites for hydroxylation is 2. The predicted octanol–water partition coefficient (Wildman–Crippen LogP) is 4.02. The summed E-state index contributed by atoms with van der Waals surface area (Å²) in [5, 5.41) is 3.62. The van der Waals surface area contributed by atoms with Crippen LogP contribution in [0.5, 0.6) is 0 Å². The summed E-state index contributed by atoms with van der Waals surface area (Å²) in [6.45, 7) is 4.47. The number of halogens is 2. The Morgan fingerprint density at radius 2 is 1.89 bits per heavy atom. The number of aromatic amines is 1. The van der Waals surface area contributed by atoms with Gasteiger partial charge in [-0.25, -0.2) is 18.6 Å². The van der Waals surface area contributed by atoms with Gasteiger partial charge in [-0.1, -0.05) is 31.2 Å². The van der Waals surface area contributed by atoms with Crippen molar-refractivity contribution in [1.29, 1.82) is 0 Å². The van der Waals surface area contributed by atoms with Crippen LogP contribution < -0.4 is 16.6 Å². The van der Waals surface area contributed by atoms with Crippen LogP contribution in [-0.2, 0) is 24.1 Å². The first-order valence-corrected chi connectivity index (χ1v) is 12.7. The Kier molecular flexibility index (Phi) is 8.42. The molecule has 10 heteroatoms. The molecule has 0 saturated heterocycles. The van der Waals surface area contributed by atoms with E-state index in [1.807, 2.05) is 12.1 Å². The molecule has 0 amide bonds. The van der Waals surface area contributed by atoms with Gasteiger partial charge in [0.15, 0.2) is 0 Å². The fourth-order valence-electron chi connectivity index (χ4n) is 4.20. The average molecular weight is 527 g/mol. The first-order valence-electron chi connectivity index (χ1n) is 11.9. The van der Waals surface area contributed by atoms with Crippen LogP contribution in [0.15, 0.2) is 53.6 Å². The number of rotatable bonds is 10. The number of H-pyrrole nitrogens is 1. The molecular formula is C27H28F2N4O3S. The standard InChI is InChI=1S/C27H28F2N4O3S/c1-3-16-5-4-6-17(7-16)12-31-13-22(21(30)10-18-8-19(28)11-20(29)9-18)36-27(35)24-15(2)23-25(34)32-14-33-26(23)37-24/h4-9,11,14,21-22,31H,3,10,12-13,30H2,1-2H3,(H,32,33,34)/t21-,22+/m0/s1. The summed E-state index contributed by atoms with van der Waals surface area (Å²) in [4.78, 5) is 32.7. The van der Waals surface area contributed by atoms with Gasteiger partial charge in [-0.05, 0) is 54.2 Å². The third kappa shape index (κ3) is 6.46. The van der Waals surface area contributed by atoms with Crippen LogP contribution in [0.1, 0.15) is 38.8 Å². The van der Waals surface area contributed by atoms with E-state index in [0.717, 1.165) is 29.4 Å². The molecule has 2 atom stereocenters. The van der Waals surface area contributed by atoms with Crippen molar-refractivity contribution in [1.82, 2.24) is 15.3 Å². The molecule has 0 aliphatic rings. The number of nitrogens with zero attached hydrogens (tertiary/aromatic N) is 1. The molecule has 2 aromatic heterocycles. The highest BCUT2D eigenvalue weighted by molar-refractivity contribution is 7.20. The number of carbonyl (C=O) groups excluding carboxylic acids is 1. The lowest BCUT2D eigenvalue weighted by molar-refractivity contribution is 0.0243. The topological polar surface area (TPSA) is 110 Å². The third-order valence-electron chi connectivity index (χ3n) is 6.12. The zero-order valence-corrected chi connectivity index (χ0v) is 21.3. The van der Waals surface area contributed by atoms with E-state index in [1.165, 1.54) is 24.0 Å². The first-order chi connectivity index (χ1) is 17.7. The largest absolute Gasteiger partial charge is 0.455 e. The zero-order valence-electron chi connectivity index (χ0n) is 20.5. The van der Waals surface area contributed by atoms with Crippen LogP contribution in [0, 0.1) is 18.6 Å². The van der Waals surface area contributed by atoms with E-state index < -0.39 is 29.7 Å². The van der Waals surface area contributed by atoms with Crippen LogP contribution in [0.2, 0.25) is 0 Å². The van der Waals surface area contributed by atoms with Crippen LogP contribution in [0.25, 0.3) is 10.2 Å². The molecule has 0 aliphatic carbocycles. The van der Waals surface area contributed by atoms with Crippen LogP contribution in [0.4, 0.5) is 8.78 Å². The number of benzene rings is 2. The Morgan fingerprint density at radius 3 is 2.59 bits per heavy atom. The number of thiophene rings is 1. The van der Waals surface area contributed by atoms with E-state index in [-0.39, 0.29) is 23.4 Å². The fourth-order valence-corrected chi connectivity index (χ4v) is 5.23. The Morgan fingerprint density at radius 1 is 1.16 bits per heavy atom. The van der Waals surface area contributed by atoms with Gasteiger partial charge in [-0.2, -0.15) is 0 Å². The number of hydrogen-bond acceptors (Lipinski definition) is 7. The Labute approximate surface area is 216 Å². The molecule has 0 aliphatic heterocycles. The van der Waals surface area contributed by atoms with Gasteiger partial charge in [0.25, 0.3) is 5.56 Å². The third-order valence-corrected chi connectivity index (χ3v) is 7.30. The fraction of sp³-hybridized carbons (Fsp3) is 0.296. The van der Waals surface area contributed by atoms with Gasteiger partial charge >= 0.3 is 5.97 Å². The summed E-state index contributed by atoms with van der Waals surface area (Å²) in [6.07, 6.45) is 1.47. The van der Waals surface area contributed by atoms with Gasteiger partial charge in [-0.15, -0.1) is 11.3 Å². The predicted molar refractivity (Wildman–Crippen MR) is 140 cm³/mol. The SMILES string of the molecule is CCc1cccc(CNC[C@@H](OC(=O)c2sc3nc[nH]c(=O)c3c2C)[C@@H](N)Cc2cc(F)cc(F)c2)c1. The van der Waals surface area contributed by atoms with Gasteiger partial charge in [0.05, 0.1) is 11.7 Å². The van der Waals surface area contributed by atoms with Crippen molar-refractivity contribution < 1.29 is 18.3 Å². The van der Waals surface area contributed by atoms with E-state index in [0.29, 0.717) is 27.9 Å². The summed E-state index contributed by atoms with van der Waals surface area (Å²) in [7, 11) is 0. The second kappa shape index (κ2) is 11.7. The molecule has 194 valence electrons. The van der Waals surface area contributed by atoms with Crippen molar-refractivity contribution in [3.8, 4) is 0 Å². The van der Waals surface area contributed by atoms with E-state index >= 15 is 0 Å². The molecule has 7 nitrogen and oxygen atoms in total. The van der Waals surface area contributed by atoms with E-state index in [1.54, 1.807) is 6.92 Å². The molecule has 0 spiro atoms.